The Hall–Kier alpha value is -2.42. The number of nitrogens with two attached hydrogens (primary N) is 1. The molecular formula is C29H33Cl2N5O3S. The van der Waals surface area contributed by atoms with E-state index in [0.717, 1.165) is 48.3 Å². The molecule has 1 fully saturated rings. The van der Waals surface area contributed by atoms with Crippen molar-refractivity contribution >= 4 is 33.2 Å². The quantitative estimate of drug-likeness (QED) is 0.420. The van der Waals surface area contributed by atoms with E-state index in [1.54, 1.807) is 18.2 Å². The molecule has 0 radical (unpaired) electrons. The number of hydrogen-bond donors (Lipinski definition) is 2. The van der Waals surface area contributed by atoms with Crippen LogP contribution in [-0.4, -0.2) is 77.1 Å². The summed E-state index contributed by atoms with van der Waals surface area (Å²) < 4.78 is 28.1. The highest BCUT2D eigenvalue weighted by atomic mass is 35.5. The Labute approximate surface area is 245 Å². The second-order valence-corrected chi connectivity index (χ2v) is 13.4. The number of aromatic nitrogens is 2. The lowest BCUT2D eigenvalue weighted by Crippen LogP contribution is -2.44. The molecule has 11 heteroatoms. The van der Waals surface area contributed by atoms with E-state index >= 15 is 0 Å². The highest BCUT2D eigenvalue weighted by Crippen LogP contribution is 2.33. The number of aliphatic hydroxyl groups is 1. The van der Waals surface area contributed by atoms with Gasteiger partial charge in [-0.15, -0.1) is 0 Å². The van der Waals surface area contributed by atoms with Crippen LogP contribution in [0, 0.1) is 11.8 Å². The van der Waals surface area contributed by atoms with E-state index in [0.29, 0.717) is 47.4 Å². The number of aliphatic hydroxyl groups excluding tert-OH is 1. The third kappa shape index (κ3) is 6.89. The van der Waals surface area contributed by atoms with Crippen LogP contribution in [0.3, 0.4) is 0 Å². The van der Waals surface area contributed by atoms with Gasteiger partial charge in [-0.25, -0.2) is 8.42 Å². The molecular weight excluding hydrogens is 569 g/mol. The normalized spacial score (nSPS) is 17.7. The van der Waals surface area contributed by atoms with E-state index in [4.69, 9.17) is 34.0 Å². The molecule has 3 N–H and O–H groups in total. The van der Waals surface area contributed by atoms with Crippen LogP contribution in [0.25, 0.3) is 11.3 Å². The molecule has 1 aromatic heterocycles. The van der Waals surface area contributed by atoms with Crippen molar-refractivity contribution in [2.75, 3.05) is 32.4 Å². The van der Waals surface area contributed by atoms with Crippen LogP contribution in [0.5, 0.6) is 0 Å². The number of halogens is 2. The maximum atomic E-state index is 12.4. The van der Waals surface area contributed by atoms with Crippen molar-refractivity contribution in [1.29, 1.82) is 0 Å². The van der Waals surface area contributed by atoms with Crippen LogP contribution in [0.1, 0.15) is 35.2 Å². The predicted octanol–water partition coefficient (Wildman–Crippen LogP) is 3.36. The van der Waals surface area contributed by atoms with Gasteiger partial charge < -0.3 is 15.7 Å². The van der Waals surface area contributed by atoms with Crippen molar-refractivity contribution in [2.24, 2.45) is 5.73 Å². The molecule has 0 bridgehead atoms. The number of piperidine rings is 1. The van der Waals surface area contributed by atoms with Gasteiger partial charge in [0.2, 0.25) is 10.0 Å². The number of likely N-dealkylation sites (tertiary alicyclic amines) is 1. The molecule has 1 atom stereocenters. The molecule has 1 unspecified atom stereocenters. The standard InChI is InChI=1S/C29H33Cl2N5O3S/c1-40(38,39)35-15-12-28-26(19-35)29(33-36(28)18-25(37)17-34-13-10-24(32)11-14-34)22-6-9-27(31)21(16-22)5-2-20-3-7-23(30)8-4-20/h3-4,6-9,16,24-25,37H,10-15,17-19,32H2,1H3. The zero-order valence-electron chi connectivity index (χ0n) is 22.4. The third-order valence-corrected chi connectivity index (χ3v) is 9.31. The predicted molar refractivity (Wildman–Crippen MR) is 159 cm³/mol. The van der Waals surface area contributed by atoms with Gasteiger partial charge in [0, 0.05) is 65.1 Å². The van der Waals surface area contributed by atoms with Crippen LogP contribution >= 0.6 is 23.2 Å². The smallest absolute Gasteiger partial charge is 0.211 e. The molecule has 3 aromatic rings. The zero-order valence-corrected chi connectivity index (χ0v) is 24.7. The fourth-order valence-corrected chi connectivity index (χ4v) is 6.34. The fraction of sp³-hybridized carbons (Fsp3) is 0.414. The van der Waals surface area contributed by atoms with Crippen LogP contribution in [0.15, 0.2) is 42.5 Å². The first-order valence-electron chi connectivity index (χ1n) is 13.3. The molecule has 8 nitrogen and oxygen atoms in total. The first-order chi connectivity index (χ1) is 19.1. The Morgan fingerprint density at radius 3 is 2.50 bits per heavy atom. The molecule has 0 spiro atoms. The van der Waals surface area contributed by atoms with Gasteiger partial charge in [0.05, 0.1) is 29.6 Å². The summed E-state index contributed by atoms with van der Waals surface area (Å²) in [7, 11) is -3.39. The maximum absolute atomic E-state index is 12.4. The van der Waals surface area contributed by atoms with Crippen LogP contribution in [0.4, 0.5) is 0 Å². The molecule has 1 saturated heterocycles. The first kappa shape index (κ1) is 29.1. The van der Waals surface area contributed by atoms with Gasteiger partial charge >= 0.3 is 0 Å². The van der Waals surface area contributed by atoms with Crippen molar-refractivity contribution in [3.63, 3.8) is 0 Å². The Morgan fingerprint density at radius 1 is 1.07 bits per heavy atom. The van der Waals surface area contributed by atoms with Gasteiger partial charge in [-0.05, 0) is 62.3 Å². The third-order valence-electron chi connectivity index (χ3n) is 7.48. The average Bonchev–Trinajstić information content (AvgIpc) is 3.27. The Morgan fingerprint density at radius 2 is 1.80 bits per heavy atom. The van der Waals surface area contributed by atoms with E-state index in [1.165, 1.54) is 10.6 Å². The van der Waals surface area contributed by atoms with Crippen molar-refractivity contribution < 1.29 is 13.5 Å². The molecule has 3 heterocycles. The van der Waals surface area contributed by atoms with E-state index in [9.17, 15) is 13.5 Å². The van der Waals surface area contributed by atoms with Gasteiger partial charge in [0.25, 0.3) is 0 Å². The van der Waals surface area contributed by atoms with Gasteiger partial charge in [-0.3, -0.25) is 4.68 Å². The monoisotopic (exact) mass is 601 g/mol. The zero-order chi connectivity index (χ0) is 28.4. The second kappa shape index (κ2) is 12.2. The van der Waals surface area contributed by atoms with E-state index in [1.807, 2.05) is 28.9 Å². The topological polar surface area (TPSA) is 105 Å². The summed E-state index contributed by atoms with van der Waals surface area (Å²) in [6.45, 7) is 3.19. The summed E-state index contributed by atoms with van der Waals surface area (Å²) in [6, 6.07) is 13.0. The van der Waals surface area contributed by atoms with Crippen molar-refractivity contribution in [2.45, 2.75) is 44.5 Å². The SMILES string of the molecule is CS(=O)(=O)N1CCc2c(c(-c3ccc(Cl)c(C#Cc4ccc(Cl)cc4)c3)nn2CC(O)CN2CCC(N)CC2)C1. The minimum atomic E-state index is -3.39. The fourth-order valence-electron chi connectivity index (χ4n) is 5.26. The molecule has 5 rings (SSSR count). The number of hydrogen-bond acceptors (Lipinski definition) is 6. The van der Waals surface area contributed by atoms with E-state index in [2.05, 4.69) is 16.7 Å². The second-order valence-electron chi connectivity index (χ2n) is 10.5. The Bertz CT molecular complexity index is 1540. The highest BCUT2D eigenvalue weighted by Gasteiger charge is 2.30. The first-order valence-corrected chi connectivity index (χ1v) is 15.9. The molecule has 0 aliphatic carbocycles. The van der Waals surface area contributed by atoms with E-state index in [-0.39, 0.29) is 12.6 Å². The lowest BCUT2D eigenvalue weighted by molar-refractivity contribution is 0.0818. The summed E-state index contributed by atoms with van der Waals surface area (Å²) >= 11 is 12.5. The number of β-amino-alcohol motifs (C(OH)–C–C–N with tert-alkyl or cyclic N) is 1. The van der Waals surface area contributed by atoms with E-state index < -0.39 is 16.1 Å². The molecule has 2 aliphatic heterocycles. The maximum Gasteiger partial charge on any atom is 0.211 e. The summed E-state index contributed by atoms with van der Waals surface area (Å²) in [4.78, 5) is 2.24. The molecule has 212 valence electrons. The molecule has 40 heavy (non-hydrogen) atoms. The van der Waals surface area contributed by atoms with Crippen molar-refractivity contribution in [1.82, 2.24) is 19.0 Å². The number of benzene rings is 2. The number of nitrogens with zero attached hydrogens (tertiary/aromatic N) is 4. The van der Waals surface area contributed by atoms with Gasteiger partial charge in [0.1, 0.15) is 0 Å². The summed E-state index contributed by atoms with van der Waals surface area (Å²) in [5, 5.41) is 17.0. The van der Waals surface area contributed by atoms with Crippen LogP contribution < -0.4 is 5.73 Å². The lowest BCUT2D eigenvalue weighted by Gasteiger charge is -2.31. The molecule has 0 saturated carbocycles. The number of fused-ring (bicyclic) bond motifs is 1. The number of sulfonamides is 1. The summed E-state index contributed by atoms with van der Waals surface area (Å²) in [5.74, 6) is 6.26. The lowest BCUT2D eigenvalue weighted by atomic mass is 10.0. The summed E-state index contributed by atoms with van der Waals surface area (Å²) in [6.07, 6.45) is 2.97. The Kier molecular flexibility index (Phi) is 8.88. The van der Waals surface area contributed by atoms with Gasteiger partial charge in [-0.1, -0.05) is 41.1 Å². The Balaban J connectivity index is 1.46. The van der Waals surface area contributed by atoms with Crippen molar-refractivity contribution in [3.8, 4) is 23.1 Å². The molecule has 0 amide bonds. The molecule has 2 aliphatic rings. The van der Waals surface area contributed by atoms with Crippen molar-refractivity contribution in [3.05, 3.63) is 74.9 Å². The van der Waals surface area contributed by atoms with Gasteiger partial charge in [0.15, 0.2) is 0 Å². The summed E-state index contributed by atoms with van der Waals surface area (Å²) in [5.41, 5.74) is 10.7. The molecule has 2 aromatic carbocycles. The largest absolute Gasteiger partial charge is 0.390 e. The minimum absolute atomic E-state index is 0.220. The van der Waals surface area contributed by atoms with Gasteiger partial charge in [-0.2, -0.15) is 9.40 Å². The highest BCUT2D eigenvalue weighted by molar-refractivity contribution is 7.88. The van der Waals surface area contributed by atoms with Crippen LogP contribution in [0.2, 0.25) is 10.0 Å². The number of rotatable bonds is 6. The van der Waals surface area contributed by atoms with Crippen LogP contribution in [-0.2, 0) is 29.5 Å². The minimum Gasteiger partial charge on any atom is -0.390 e. The average molecular weight is 603 g/mol.